The molecule has 0 aromatic rings. The van der Waals surface area contributed by atoms with Gasteiger partial charge in [-0.15, -0.1) is 0 Å². The van der Waals surface area contributed by atoms with Crippen LogP contribution >= 0.6 is 0 Å². The summed E-state index contributed by atoms with van der Waals surface area (Å²) >= 11 is 0. The van der Waals surface area contributed by atoms with Crippen LogP contribution in [0.1, 0.15) is 92.4 Å². The molecule has 0 amide bonds. The maximum absolute atomic E-state index is 11.4. The summed E-state index contributed by atoms with van der Waals surface area (Å²) in [7, 11) is 0. The Morgan fingerprint density at radius 1 is 0.879 bits per heavy atom. The van der Waals surface area contributed by atoms with Crippen molar-refractivity contribution in [3.8, 4) is 0 Å². The highest BCUT2D eigenvalue weighted by Crippen LogP contribution is 2.68. The Bertz CT molecular complexity index is 698. The smallest absolute Gasteiger partial charge is 0.0900 e. The van der Waals surface area contributed by atoms with Crippen LogP contribution in [0.5, 0.6) is 0 Å². The zero-order chi connectivity index (χ0) is 24.3. The number of hydrogen-bond acceptors (Lipinski definition) is 5. The monoisotopic (exact) mass is 466 g/mol. The van der Waals surface area contributed by atoms with Gasteiger partial charge in [0.15, 0.2) is 0 Å². The Morgan fingerprint density at radius 2 is 1.55 bits per heavy atom. The van der Waals surface area contributed by atoms with Crippen molar-refractivity contribution in [2.24, 2.45) is 52.3 Å². The van der Waals surface area contributed by atoms with Gasteiger partial charge in [0.05, 0.1) is 30.5 Å². The molecule has 5 heteroatoms. The molecule has 0 aromatic carbocycles. The van der Waals surface area contributed by atoms with Gasteiger partial charge >= 0.3 is 0 Å². The zero-order valence-electron chi connectivity index (χ0n) is 21.6. The topological polar surface area (TPSA) is 101 Å². The van der Waals surface area contributed by atoms with E-state index in [4.69, 9.17) is 0 Å². The van der Waals surface area contributed by atoms with Crippen molar-refractivity contribution < 1.29 is 25.5 Å². The molecule has 33 heavy (non-hydrogen) atoms. The molecule has 192 valence electrons. The maximum atomic E-state index is 11.4. The molecule has 0 aliphatic heterocycles. The molecule has 0 bridgehead atoms. The van der Waals surface area contributed by atoms with Gasteiger partial charge in [0, 0.05) is 0 Å². The predicted molar refractivity (Wildman–Crippen MR) is 129 cm³/mol. The van der Waals surface area contributed by atoms with Gasteiger partial charge in [-0.1, -0.05) is 34.6 Å². The lowest BCUT2D eigenvalue weighted by Gasteiger charge is -2.62. The molecule has 0 heterocycles. The normalized spacial score (nSPS) is 50.3. The first-order valence-electron chi connectivity index (χ1n) is 13.7. The lowest BCUT2D eigenvalue weighted by molar-refractivity contribution is -0.181. The molecule has 0 aromatic heterocycles. The molecule has 4 fully saturated rings. The molecule has 5 nitrogen and oxygen atoms in total. The van der Waals surface area contributed by atoms with Crippen LogP contribution in [0, 0.1) is 52.3 Å². The summed E-state index contributed by atoms with van der Waals surface area (Å²) in [6, 6.07) is 0. The first kappa shape index (κ1) is 25.9. The number of fused-ring (bicyclic) bond motifs is 5. The number of rotatable bonds is 6. The summed E-state index contributed by atoms with van der Waals surface area (Å²) in [6.07, 6.45) is 6.78. The molecule has 0 saturated heterocycles. The minimum Gasteiger partial charge on any atom is -0.393 e. The molecular formula is C28H50O5. The predicted octanol–water partition coefficient (Wildman–Crippen LogP) is 3.74. The summed E-state index contributed by atoms with van der Waals surface area (Å²) in [5.74, 6) is 2.01. The van der Waals surface area contributed by atoms with E-state index in [1.165, 1.54) is 0 Å². The van der Waals surface area contributed by atoms with E-state index in [1.807, 2.05) is 13.8 Å². The van der Waals surface area contributed by atoms with Crippen LogP contribution in [-0.4, -0.2) is 56.1 Å². The SMILES string of the molecule is CC(CCC(O)(CO)C(C)C)C1CC(O)C2C3CC(O)C4CC(O)CCC4(C)C3CCC12C. The van der Waals surface area contributed by atoms with Gasteiger partial charge in [-0.25, -0.2) is 0 Å². The number of aliphatic hydroxyl groups excluding tert-OH is 4. The molecular weight excluding hydrogens is 416 g/mol. The minimum atomic E-state index is -1.04. The molecule has 4 aliphatic rings. The molecule has 12 atom stereocenters. The quantitative estimate of drug-likeness (QED) is 0.410. The fraction of sp³-hybridized carbons (Fsp3) is 1.00. The molecule has 5 N–H and O–H groups in total. The van der Waals surface area contributed by atoms with Crippen LogP contribution < -0.4 is 0 Å². The minimum absolute atomic E-state index is 0.00840. The van der Waals surface area contributed by atoms with E-state index in [1.54, 1.807) is 0 Å². The highest BCUT2D eigenvalue weighted by Gasteiger charge is 2.64. The lowest BCUT2D eigenvalue weighted by Crippen LogP contribution is -2.59. The van der Waals surface area contributed by atoms with Crippen LogP contribution in [-0.2, 0) is 0 Å². The summed E-state index contributed by atoms with van der Waals surface area (Å²) in [6.45, 7) is 10.7. The Balaban J connectivity index is 1.53. The van der Waals surface area contributed by atoms with Crippen LogP contribution in [0.3, 0.4) is 0 Å². The Morgan fingerprint density at radius 3 is 2.18 bits per heavy atom. The van der Waals surface area contributed by atoms with E-state index in [0.29, 0.717) is 36.5 Å². The van der Waals surface area contributed by atoms with Crippen molar-refractivity contribution in [1.29, 1.82) is 0 Å². The van der Waals surface area contributed by atoms with E-state index < -0.39 is 5.60 Å². The van der Waals surface area contributed by atoms with Gasteiger partial charge in [-0.3, -0.25) is 0 Å². The summed E-state index contributed by atoms with van der Waals surface area (Å²) in [4.78, 5) is 0. The van der Waals surface area contributed by atoms with Crippen LogP contribution in [0.15, 0.2) is 0 Å². The van der Waals surface area contributed by atoms with Gasteiger partial charge in [0.25, 0.3) is 0 Å². The fourth-order valence-electron chi connectivity index (χ4n) is 9.50. The van der Waals surface area contributed by atoms with Crippen LogP contribution in [0.4, 0.5) is 0 Å². The Hall–Kier alpha value is -0.200. The van der Waals surface area contributed by atoms with Crippen molar-refractivity contribution in [1.82, 2.24) is 0 Å². The van der Waals surface area contributed by atoms with E-state index >= 15 is 0 Å². The third-order valence-electron chi connectivity index (χ3n) is 11.8. The zero-order valence-corrected chi connectivity index (χ0v) is 21.6. The second-order valence-electron chi connectivity index (χ2n) is 13.5. The highest BCUT2D eigenvalue weighted by molar-refractivity contribution is 5.13. The maximum Gasteiger partial charge on any atom is 0.0900 e. The van der Waals surface area contributed by atoms with E-state index in [9.17, 15) is 25.5 Å². The third kappa shape index (κ3) is 4.12. The average Bonchev–Trinajstić information content (AvgIpc) is 3.03. The van der Waals surface area contributed by atoms with Crippen molar-refractivity contribution in [3.05, 3.63) is 0 Å². The molecule has 4 saturated carbocycles. The van der Waals surface area contributed by atoms with E-state index in [2.05, 4.69) is 20.8 Å². The van der Waals surface area contributed by atoms with Gasteiger partial charge in [0.2, 0.25) is 0 Å². The van der Waals surface area contributed by atoms with Gasteiger partial charge < -0.3 is 25.5 Å². The van der Waals surface area contributed by atoms with Crippen molar-refractivity contribution in [3.63, 3.8) is 0 Å². The fourth-order valence-corrected chi connectivity index (χ4v) is 9.50. The van der Waals surface area contributed by atoms with Crippen LogP contribution in [0.25, 0.3) is 0 Å². The average molecular weight is 467 g/mol. The van der Waals surface area contributed by atoms with Crippen LogP contribution in [0.2, 0.25) is 0 Å². The van der Waals surface area contributed by atoms with Crippen molar-refractivity contribution in [2.45, 2.75) is 116 Å². The lowest BCUT2D eigenvalue weighted by atomic mass is 9.43. The van der Waals surface area contributed by atoms with Gasteiger partial charge in [0.1, 0.15) is 0 Å². The first-order chi connectivity index (χ1) is 15.4. The summed E-state index contributed by atoms with van der Waals surface area (Å²) in [5.41, 5.74) is -0.931. The molecule has 0 spiro atoms. The molecule has 4 rings (SSSR count). The molecule has 12 unspecified atom stereocenters. The molecule has 0 radical (unpaired) electrons. The van der Waals surface area contributed by atoms with Gasteiger partial charge in [-0.2, -0.15) is 0 Å². The Kier molecular flexibility index (Phi) is 7.08. The van der Waals surface area contributed by atoms with Crippen molar-refractivity contribution in [2.75, 3.05) is 6.61 Å². The summed E-state index contributed by atoms with van der Waals surface area (Å²) in [5, 5.41) is 53.5. The number of aliphatic hydroxyl groups is 5. The van der Waals surface area contributed by atoms with Gasteiger partial charge in [-0.05, 0) is 110 Å². The second-order valence-corrected chi connectivity index (χ2v) is 13.5. The largest absolute Gasteiger partial charge is 0.393 e. The highest BCUT2D eigenvalue weighted by atomic mass is 16.3. The number of hydrogen-bond donors (Lipinski definition) is 5. The molecule has 4 aliphatic carbocycles. The third-order valence-corrected chi connectivity index (χ3v) is 11.8. The van der Waals surface area contributed by atoms with Crippen molar-refractivity contribution >= 4 is 0 Å². The van der Waals surface area contributed by atoms with E-state index in [-0.39, 0.29) is 53.5 Å². The first-order valence-corrected chi connectivity index (χ1v) is 13.7. The van der Waals surface area contributed by atoms with E-state index in [0.717, 1.165) is 44.9 Å². The second kappa shape index (κ2) is 9.03. The summed E-state index contributed by atoms with van der Waals surface area (Å²) < 4.78 is 0. The standard InChI is InChI=1S/C28H50O5/c1-16(2)28(33,15-29)11-6-17(3)21-14-24(32)25-19-13-23(31)22-12-18(30)7-9-26(22,4)20(19)8-10-27(21,25)5/h16-25,29-33H,6-15H2,1-5H3. The Labute approximate surface area is 201 Å².